The molecule has 1 aromatic carbocycles. The van der Waals surface area contributed by atoms with Crippen LogP contribution in [0.2, 0.25) is 0 Å². The summed E-state index contributed by atoms with van der Waals surface area (Å²) in [6, 6.07) is 7.14. The summed E-state index contributed by atoms with van der Waals surface area (Å²) in [6.07, 6.45) is 1.35. The van der Waals surface area contributed by atoms with Gasteiger partial charge in [0.15, 0.2) is 0 Å². The van der Waals surface area contributed by atoms with E-state index >= 15 is 0 Å². The molecule has 1 aliphatic heterocycles. The highest BCUT2D eigenvalue weighted by Gasteiger charge is 2.42. The van der Waals surface area contributed by atoms with Crippen LogP contribution in [0.4, 0.5) is 0 Å². The molecule has 1 aromatic rings. The number of methoxy groups -OCH3 is 2. The normalized spacial score (nSPS) is 17.7. The number of benzene rings is 1. The van der Waals surface area contributed by atoms with Crippen molar-refractivity contribution in [3.8, 4) is 0 Å². The van der Waals surface area contributed by atoms with Crippen LogP contribution >= 0.6 is 0 Å². The summed E-state index contributed by atoms with van der Waals surface area (Å²) in [5.41, 5.74) is 0.751. The molecule has 1 fully saturated rings. The van der Waals surface area contributed by atoms with Gasteiger partial charge in [0.1, 0.15) is 12.6 Å². The number of esters is 1. The summed E-state index contributed by atoms with van der Waals surface area (Å²) in [4.78, 5) is 81.3. The molecule has 15 heteroatoms. The molecule has 2 rings (SSSR count). The van der Waals surface area contributed by atoms with Crippen LogP contribution in [-0.2, 0) is 49.4 Å². The van der Waals surface area contributed by atoms with Crippen LogP contribution in [0, 0.1) is 17.8 Å². The molecule has 7 atom stereocenters. The first-order valence-corrected chi connectivity index (χ1v) is 18.8. The average molecular weight is 763 g/mol. The van der Waals surface area contributed by atoms with Gasteiger partial charge in [-0.05, 0) is 30.2 Å². The van der Waals surface area contributed by atoms with Crippen molar-refractivity contribution < 1.29 is 53.2 Å². The van der Waals surface area contributed by atoms with E-state index in [1.54, 1.807) is 55.1 Å². The van der Waals surface area contributed by atoms with E-state index < -0.39 is 67.1 Å². The average Bonchev–Trinajstić information content (AvgIpc) is 3.60. The highest BCUT2D eigenvalue weighted by Crippen LogP contribution is 2.29. The molecule has 304 valence electrons. The van der Waals surface area contributed by atoms with Crippen molar-refractivity contribution in [1.82, 2.24) is 20.0 Å². The van der Waals surface area contributed by atoms with Crippen LogP contribution < -0.4 is 5.32 Å². The predicted molar refractivity (Wildman–Crippen MR) is 200 cm³/mol. The van der Waals surface area contributed by atoms with Crippen molar-refractivity contribution in [2.24, 2.45) is 17.8 Å². The number of carbonyl (C=O) groups is 6. The number of carboxylic acids is 2. The number of nitrogens with zero attached hydrogens (tertiary/aromatic N) is 3. The van der Waals surface area contributed by atoms with Crippen LogP contribution in [0.15, 0.2) is 30.3 Å². The molecule has 0 spiro atoms. The van der Waals surface area contributed by atoms with Crippen molar-refractivity contribution >= 4 is 35.6 Å². The fourth-order valence-electron chi connectivity index (χ4n) is 7.14. The van der Waals surface area contributed by atoms with Gasteiger partial charge in [-0.3, -0.25) is 28.9 Å². The molecule has 1 aliphatic rings. The van der Waals surface area contributed by atoms with Crippen molar-refractivity contribution in [3.05, 3.63) is 35.9 Å². The van der Waals surface area contributed by atoms with E-state index in [1.807, 2.05) is 26.8 Å². The van der Waals surface area contributed by atoms with Gasteiger partial charge < -0.3 is 39.5 Å². The Morgan fingerprint density at radius 3 is 2.11 bits per heavy atom. The number of rotatable bonds is 24. The first-order chi connectivity index (χ1) is 25.5. The van der Waals surface area contributed by atoms with Gasteiger partial charge in [0, 0.05) is 47.2 Å². The molecule has 0 aliphatic carbocycles. The summed E-state index contributed by atoms with van der Waals surface area (Å²) >= 11 is 0. The number of likely N-dealkylation sites (tertiary alicyclic amines) is 1. The Hall–Kier alpha value is -4.08. The molecular weight excluding hydrogens is 700 g/mol. The second kappa shape index (κ2) is 23.0. The molecule has 1 saturated heterocycles. The molecule has 3 N–H and O–H groups in total. The Balaban J connectivity index is 2.22. The first-order valence-electron chi connectivity index (χ1n) is 18.8. The fraction of sp³-hybridized carbons (Fsp3) is 0.692. The number of aliphatic carboxylic acids is 2. The van der Waals surface area contributed by atoms with Gasteiger partial charge in [0.25, 0.3) is 0 Å². The van der Waals surface area contributed by atoms with Gasteiger partial charge in [-0.1, -0.05) is 71.4 Å². The molecule has 15 nitrogen and oxygen atoms in total. The number of hydrogen-bond acceptors (Lipinski definition) is 10. The first kappa shape index (κ1) is 46.1. The summed E-state index contributed by atoms with van der Waals surface area (Å²) in [5, 5.41) is 21.0. The summed E-state index contributed by atoms with van der Waals surface area (Å²) in [7, 11) is 4.81. The van der Waals surface area contributed by atoms with Crippen molar-refractivity contribution in [2.75, 3.05) is 54.1 Å². The third kappa shape index (κ3) is 14.3. The number of nitrogens with one attached hydrogen (secondary N) is 1. The fourth-order valence-corrected chi connectivity index (χ4v) is 7.14. The third-order valence-corrected chi connectivity index (χ3v) is 10.1. The van der Waals surface area contributed by atoms with Crippen molar-refractivity contribution in [3.63, 3.8) is 0 Å². The lowest BCUT2D eigenvalue weighted by Gasteiger charge is -2.39. The Kier molecular flexibility index (Phi) is 19.6. The maximum atomic E-state index is 14.0. The van der Waals surface area contributed by atoms with E-state index in [1.165, 1.54) is 7.11 Å². The molecule has 54 heavy (non-hydrogen) atoms. The van der Waals surface area contributed by atoms with E-state index in [4.69, 9.17) is 24.4 Å². The molecule has 0 radical (unpaired) electrons. The van der Waals surface area contributed by atoms with E-state index in [2.05, 4.69) is 12.2 Å². The minimum atomic E-state index is -1.23. The quantitative estimate of drug-likeness (QED) is 0.131. The Morgan fingerprint density at radius 2 is 1.57 bits per heavy atom. The topological polar surface area (TPSA) is 192 Å². The Morgan fingerprint density at radius 1 is 0.944 bits per heavy atom. The molecule has 0 aromatic heterocycles. The monoisotopic (exact) mass is 762 g/mol. The minimum absolute atomic E-state index is 0.00377. The lowest BCUT2D eigenvalue weighted by Crippen LogP contribution is -2.54. The molecule has 7 unspecified atom stereocenters. The van der Waals surface area contributed by atoms with E-state index in [9.17, 15) is 28.8 Å². The zero-order valence-electron chi connectivity index (χ0n) is 33.2. The lowest BCUT2D eigenvalue weighted by molar-refractivity contribution is -0.150. The van der Waals surface area contributed by atoms with Crippen molar-refractivity contribution in [1.29, 1.82) is 0 Å². The van der Waals surface area contributed by atoms with Gasteiger partial charge in [0.05, 0.1) is 49.7 Å². The number of hydrogen-bond donors (Lipinski definition) is 3. The summed E-state index contributed by atoms with van der Waals surface area (Å²) in [5.74, 6) is -4.43. The van der Waals surface area contributed by atoms with Crippen LogP contribution in [0.5, 0.6) is 0 Å². The number of carbonyl (C=O) groups excluding carboxylic acids is 4. The summed E-state index contributed by atoms with van der Waals surface area (Å²) in [6.45, 7) is 8.68. The van der Waals surface area contributed by atoms with E-state index in [0.29, 0.717) is 25.8 Å². The zero-order chi connectivity index (χ0) is 40.5. The Bertz CT molecular complexity index is 1360. The van der Waals surface area contributed by atoms with Gasteiger partial charge >= 0.3 is 17.9 Å². The van der Waals surface area contributed by atoms with E-state index in [0.717, 1.165) is 16.9 Å². The molecular formula is C39H62N4O11. The molecule has 0 bridgehead atoms. The van der Waals surface area contributed by atoms with Crippen LogP contribution in [0.25, 0.3) is 0 Å². The second-order valence-electron chi connectivity index (χ2n) is 14.7. The summed E-state index contributed by atoms with van der Waals surface area (Å²) < 4.78 is 17.2. The van der Waals surface area contributed by atoms with Gasteiger partial charge in [-0.15, -0.1) is 0 Å². The highest BCUT2D eigenvalue weighted by molar-refractivity contribution is 5.86. The van der Waals surface area contributed by atoms with Crippen molar-refractivity contribution in [2.45, 2.75) is 103 Å². The smallest absolute Gasteiger partial charge is 0.329 e. The molecule has 3 amide bonds. The number of ether oxygens (including phenoxy) is 3. The lowest BCUT2D eigenvalue weighted by atomic mass is 9.90. The molecule has 0 saturated carbocycles. The largest absolute Gasteiger partial charge is 0.480 e. The van der Waals surface area contributed by atoms with Crippen LogP contribution in [-0.4, -0.2) is 145 Å². The van der Waals surface area contributed by atoms with Gasteiger partial charge in [0.2, 0.25) is 17.7 Å². The third-order valence-electron chi connectivity index (χ3n) is 10.1. The predicted octanol–water partition coefficient (Wildman–Crippen LogP) is 2.69. The number of carboxylic acid groups (broad SMARTS) is 2. The second-order valence-corrected chi connectivity index (χ2v) is 14.7. The van der Waals surface area contributed by atoms with E-state index in [-0.39, 0.29) is 55.7 Å². The number of amides is 3. The van der Waals surface area contributed by atoms with Gasteiger partial charge in [-0.2, -0.15) is 0 Å². The zero-order valence-corrected chi connectivity index (χ0v) is 33.2. The standard InChI is InChI=1S/C39H62N4O11/c1-9-26(4)36(41(6)32(44)20-25(2)3)31(52-7)22-33(45)43-17-13-16-30(43)37(53-8)27(5)38(50)40-29(21-28-14-11-10-12-15-28)39(51)54-19-18-42(23-34(46)47)24-35(48)49/h10-12,14-15,25-27,29-31,36-37H,9,13,16-24H2,1-8H3,(H,40,50)(H,46,47)(H,48,49). The molecule has 1 heterocycles. The maximum Gasteiger partial charge on any atom is 0.329 e. The van der Waals surface area contributed by atoms with Crippen LogP contribution in [0.3, 0.4) is 0 Å². The van der Waals surface area contributed by atoms with Crippen LogP contribution in [0.1, 0.15) is 72.3 Å². The minimum Gasteiger partial charge on any atom is -0.480 e. The number of likely N-dealkylation sites (N-methyl/N-ethyl adjacent to an activating group) is 1. The SMILES string of the molecule is CCC(C)C(C(CC(=O)N1CCCC1C(OC)C(C)C(=O)NC(Cc1ccccc1)C(=O)OCCN(CC(=O)O)CC(=O)O)OC)N(C)C(=O)CC(C)C. The Labute approximate surface area is 319 Å². The maximum absolute atomic E-state index is 14.0. The van der Waals surface area contributed by atoms with Gasteiger partial charge in [-0.25, -0.2) is 4.79 Å². The highest BCUT2D eigenvalue weighted by atomic mass is 16.5.